The van der Waals surface area contributed by atoms with Gasteiger partial charge in [0.05, 0.1) is 29.2 Å². The zero-order valence-electron chi connectivity index (χ0n) is 48.1. The van der Waals surface area contributed by atoms with Crippen LogP contribution in [-0.2, 0) is 34.8 Å². The largest absolute Gasteiger partial charge is 0.459 e. The molecule has 0 aliphatic carbocycles. The molecule has 5 atom stereocenters. The summed E-state index contributed by atoms with van der Waals surface area (Å²) in [5.41, 5.74) is 6.10. The third-order valence-corrected chi connectivity index (χ3v) is 16.0. The Bertz CT molecular complexity index is 3110. The van der Waals surface area contributed by atoms with Gasteiger partial charge in [-0.2, -0.15) is 0 Å². The lowest BCUT2D eigenvalue weighted by atomic mass is 9.72. The summed E-state index contributed by atoms with van der Waals surface area (Å²) in [5, 5.41) is 0. The number of esters is 3. The van der Waals surface area contributed by atoms with Crippen LogP contribution >= 0.6 is 0 Å². The summed E-state index contributed by atoms with van der Waals surface area (Å²) in [7, 11) is 0. The van der Waals surface area contributed by atoms with Gasteiger partial charge in [0.2, 0.25) is 12.2 Å². The number of carbonyl (C=O) groups is 5. The van der Waals surface area contributed by atoms with Crippen LogP contribution in [0.15, 0.2) is 162 Å². The Hall–Kier alpha value is -7.68. The van der Waals surface area contributed by atoms with Crippen molar-refractivity contribution in [1.29, 1.82) is 0 Å². The van der Waals surface area contributed by atoms with Crippen molar-refractivity contribution < 1.29 is 52.4 Å². The first-order valence-electron chi connectivity index (χ1n) is 28.9. The molecule has 4 heterocycles. The maximum atomic E-state index is 14.5. The summed E-state index contributed by atoms with van der Waals surface area (Å²) in [6.07, 6.45) is 4.35. The number of aliphatic imine (C=N–C) groups is 1. The first-order valence-corrected chi connectivity index (χ1v) is 28.9. The molecular formula is C68H77N3O11. The molecule has 0 radical (unpaired) electrons. The standard InChI is InChI=1S/C68H77N3O11/c1-46(2)56-43-69-61(54(56)41-53-32-31-48(40-47(53)3)22-19-20-36-70-37-21-33-68(45-70)34-38-71(39-35-68)66(76)82-67(4,5)6)81-65-55(42-57(72)49-23-11-7-12-24-49)59(79-63(74)51-27-15-9-16-28-51)60(80-64(75)52-29-17-10-18-30-52)58(78-65)44-77-62(73)50-25-13-8-14-26-50/h7-19,22-32,40,46,55,58-60,65H,20-21,33-39,41-45H2,1-6H3/b22-19+/t55-,58-,59-,60-,65+/m1/s1. The first-order chi connectivity index (χ1) is 39.5. The average Bonchev–Trinajstić information content (AvgIpc) is 3.60. The van der Waals surface area contributed by atoms with Gasteiger partial charge in [-0.15, -0.1) is 0 Å². The highest BCUT2D eigenvalue weighted by Crippen LogP contribution is 2.41. The smallest absolute Gasteiger partial charge is 0.410 e. The minimum atomic E-state index is -1.40. The number of hydrogen-bond acceptors (Lipinski definition) is 13. The fourth-order valence-electron chi connectivity index (χ4n) is 11.5. The lowest BCUT2D eigenvalue weighted by molar-refractivity contribution is -0.262. The fourth-order valence-corrected chi connectivity index (χ4v) is 11.5. The van der Waals surface area contributed by atoms with E-state index in [1.807, 2.05) is 31.7 Å². The number of rotatable bonds is 18. The number of ketones is 1. The monoisotopic (exact) mass is 1110 g/mol. The molecule has 0 saturated carbocycles. The second kappa shape index (κ2) is 26.9. The molecule has 5 aromatic carbocycles. The molecule has 0 unspecified atom stereocenters. The molecule has 0 N–H and O–H groups in total. The van der Waals surface area contributed by atoms with Crippen LogP contribution in [0.1, 0.15) is 131 Å². The van der Waals surface area contributed by atoms with E-state index in [-0.39, 0.29) is 46.3 Å². The minimum absolute atomic E-state index is 0.0939. The maximum absolute atomic E-state index is 14.5. The van der Waals surface area contributed by atoms with Crippen molar-refractivity contribution in [2.75, 3.05) is 45.9 Å². The van der Waals surface area contributed by atoms with Crippen LogP contribution in [0.3, 0.4) is 0 Å². The van der Waals surface area contributed by atoms with E-state index >= 15 is 0 Å². The Morgan fingerprint density at radius 3 is 1.90 bits per heavy atom. The molecule has 9 rings (SSSR count). The predicted octanol–water partition coefficient (Wildman–Crippen LogP) is 12.4. The van der Waals surface area contributed by atoms with Crippen molar-refractivity contribution in [2.45, 2.75) is 117 Å². The molecule has 4 aliphatic rings. The van der Waals surface area contributed by atoms with Crippen LogP contribution in [0.5, 0.6) is 0 Å². The predicted molar refractivity (Wildman–Crippen MR) is 314 cm³/mol. The van der Waals surface area contributed by atoms with Crippen LogP contribution in [-0.4, -0.2) is 122 Å². The molecule has 1 amide bonds. The minimum Gasteiger partial charge on any atom is -0.459 e. The average molecular weight is 1110 g/mol. The lowest BCUT2D eigenvalue weighted by Crippen LogP contribution is -2.60. The molecule has 3 fully saturated rings. The Kier molecular flexibility index (Phi) is 19.4. The van der Waals surface area contributed by atoms with E-state index in [1.54, 1.807) is 115 Å². The topological polar surface area (TPSA) is 160 Å². The first kappa shape index (κ1) is 59.0. The van der Waals surface area contributed by atoms with E-state index in [0.29, 0.717) is 24.4 Å². The van der Waals surface area contributed by atoms with E-state index in [1.165, 1.54) is 6.42 Å². The Labute approximate surface area is 482 Å². The second-order valence-corrected chi connectivity index (χ2v) is 23.4. The van der Waals surface area contributed by atoms with Crippen LogP contribution in [0.25, 0.3) is 6.08 Å². The fraction of sp³-hybridized carbons (Fsp3) is 0.412. The summed E-state index contributed by atoms with van der Waals surface area (Å²) in [6.45, 7) is 16.6. The normalized spacial score (nSPS) is 21.0. The second-order valence-electron chi connectivity index (χ2n) is 23.4. The van der Waals surface area contributed by atoms with Gasteiger partial charge in [0.25, 0.3) is 0 Å². The van der Waals surface area contributed by atoms with Crippen molar-refractivity contribution in [3.63, 3.8) is 0 Å². The van der Waals surface area contributed by atoms with Crippen molar-refractivity contribution in [3.8, 4) is 0 Å². The number of carbonyl (C=O) groups excluding carboxylic acids is 5. The van der Waals surface area contributed by atoms with E-state index in [0.717, 1.165) is 86.2 Å². The van der Waals surface area contributed by atoms with Crippen LogP contribution in [0.2, 0.25) is 0 Å². The number of likely N-dealkylation sites (tertiary alicyclic amines) is 2. The highest BCUT2D eigenvalue weighted by atomic mass is 16.7. The molecule has 3 saturated heterocycles. The van der Waals surface area contributed by atoms with Gasteiger partial charge in [-0.1, -0.05) is 129 Å². The molecule has 430 valence electrons. The van der Waals surface area contributed by atoms with Gasteiger partial charge >= 0.3 is 24.0 Å². The van der Waals surface area contributed by atoms with Crippen LogP contribution in [0.4, 0.5) is 4.79 Å². The lowest BCUT2D eigenvalue weighted by Gasteiger charge is -2.47. The number of hydrogen-bond donors (Lipinski definition) is 0. The molecule has 4 aliphatic heterocycles. The molecule has 14 heteroatoms. The summed E-state index contributed by atoms with van der Waals surface area (Å²) < 4.78 is 38.3. The van der Waals surface area contributed by atoms with Gasteiger partial charge < -0.3 is 38.2 Å². The van der Waals surface area contributed by atoms with Crippen molar-refractivity contribution in [2.24, 2.45) is 22.2 Å². The Morgan fingerprint density at radius 2 is 1.32 bits per heavy atom. The summed E-state index contributed by atoms with van der Waals surface area (Å²) >= 11 is 0. The van der Waals surface area contributed by atoms with Gasteiger partial charge in [0, 0.05) is 50.2 Å². The van der Waals surface area contributed by atoms with E-state index < -0.39 is 60.6 Å². The van der Waals surface area contributed by atoms with E-state index in [4.69, 9.17) is 33.4 Å². The number of aryl methyl sites for hydroxylation is 1. The third kappa shape index (κ3) is 15.2. The van der Waals surface area contributed by atoms with Crippen molar-refractivity contribution in [3.05, 3.63) is 196 Å². The molecule has 1 spiro atoms. The number of ether oxygens (including phenoxy) is 6. The molecule has 0 bridgehead atoms. The molecule has 0 aromatic heterocycles. The summed E-state index contributed by atoms with van der Waals surface area (Å²) in [4.78, 5) is 78.8. The van der Waals surface area contributed by atoms with Crippen LogP contribution < -0.4 is 0 Å². The van der Waals surface area contributed by atoms with Crippen molar-refractivity contribution >= 4 is 41.8 Å². The number of amides is 1. The highest BCUT2D eigenvalue weighted by molar-refractivity contribution is 5.98. The quantitative estimate of drug-likeness (QED) is 0.0465. The number of benzene rings is 5. The van der Waals surface area contributed by atoms with Crippen molar-refractivity contribution in [1.82, 2.24) is 9.80 Å². The van der Waals surface area contributed by atoms with Crippen LogP contribution in [0, 0.1) is 24.2 Å². The van der Waals surface area contributed by atoms with Gasteiger partial charge in [-0.25, -0.2) is 24.2 Å². The number of Topliss-reactive ketones (excluding diaryl/α,β-unsaturated/α-hetero) is 1. The summed E-state index contributed by atoms with van der Waals surface area (Å²) in [6, 6.07) is 40.5. The maximum Gasteiger partial charge on any atom is 0.410 e. The Morgan fingerprint density at radius 1 is 0.732 bits per heavy atom. The molecule has 82 heavy (non-hydrogen) atoms. The molecule has 14 nitrogen and oxygen atoms in total. The zero-order valence-corrected chi connectivity index (χ0v) is 48.1. The summed E-state index contributed by atoms with van der Waals surface area (Å²) in [5.74, 6) is -3.10. The molecule has 5 aromatic rings. The Balaban J connectivity index is 0.954. The third-order valence-electron chi connectivity index (χ3n) is 16.0. The number of piperidine rings is 2. The number of nitrogens with zero attached hydrogens (tertiary/aromatic N) is 3. The van der Waals surface area contributed by atoms with E-state index in [9.17, 15) is 24.0 Å². The van der Waals surface area contributed by atoms with E-state index in [2.05, 4.69) is 56.0 Å². The van der Waals surface area contributed by atoms with Gasteiger partial charge in [-0.3, -0.25) is 4.79 Å². The highest BCUT2D eigenvalue weighted by Gasteiger charge is 2.53. The molecular weight excluding hydrogens is 1030 g/mol. The van der Waals surface area contributed by atoms with Gasteiger partial charge in [0.1, 0.15) is 18.3 Å². The zero-order chi connectivity index (χ0) is 57.8. The van der Waals surface area contributed by atoms with Gasteiger partial charge in [0.15, 0.2) is 18.0 Å². The van der Waals surface area contributed by atoms with Gasteiger partial charge in [-0.05, 0) is 136 Å². The SMILES string of the molecule is Cc1cc(/C=C/CCN2CCCC3(CCN(C(=O)OC(C)(C)C)CC3)C2)ccc1CC1=C(C(C)C)CN=C1O[C@@H]1O[C@H](COC(=O)c2ccccc2)[C@@H](OC(=O)c2ccccc2)[C@H](OC(=O)c2ccccc2)[C@H]1CC(=O)c1ccccc1.